The van der Waals surface area contributed by atoms with E-state index >= 15 is 0 Å². The molecule has 0 aromatic rings. The summed E-state index contributed by atoms with van der Waals surface area (Å²) in [5.41, 5.74) is 0.442. The molecule has 0 radical (unpaired) electrons. The molecule has 0 bridgehead atoms. The van der Waals surface area contributed by atoms with Crippen LogP contribution in [0.2, 0.25) is 0 Å². The van der Waals surface area contributed by atoms with Gasteiger partial charge >= 0.3 is 11.9 Å². The van der Waals surface area contributed by atoms with Crippen LogP contribution in [0, 0.1) is 0 Å². The third-order valence-electron chi connectivity index (χ3n) is 1.25. The summed E-state index contributed by atoms with van der Waals surface area (Å²) < 4.78 is 0. The zero-order valence-corrected chi connectivity index (χ0v) is 10.8. The van der Waals surface area contributed by atoms with E-state index in [1.54, 1.807) is 19.1 Å². The molecule has 0 aliphatic rings. The van der Waals surface area contributed by atoms with Crippen LogP contribution in [0.5, 0.6) is 0 Å². The van der Waals surface area contributed by atoms with Crippen LogP contribution in [0.25, 0.3) is 0 Å². The van der Waals surface area contributed by atoms with Crippen LogP contribution in [0.4, 0.5) is 0 Å². The highest BCUT2D eigenvalue weighted by atomic mass is 16.4. The molecule has 98 valence electrons. The molecule has 0 aromatic carbocycles. The first kappa shape index (κ1) is 20.6. The van der Waals surface area contributed by atoms with Gasteiger partial charge in [0.2, 0.25) is 0 Å². The van der Waals surface area contributed by atoms with Gasteiger partial charge < -0.3 is 10.2 Å². The Bertz CT molecular complexity index is 265. The number of carboxylic acids is 2. The Balaban J connectivity index is -0.000000207. The number of carboxylic acid groups (broad SMARTS) is 2. The molecule has 0 heterocycles. The van der Waals surface area contributed by atoms with Crippen molar-refractivity contribution in [1.29, 1.82) is 0 Å². The molecular formula is C13H22O4. The van der Waals surface area contributed by atoms with E-state index < -0.39 is 11.9 Å². The van der Waals surface area contributed by atoms with Crippen molar-refractivity contribution in [3.8, 4) is 0 Å². The SMILES string of the molecule is C=CC.C=CC(=O)O.CCCC=C(C)C(=O)O. The molecular weight excluding hydrogens is 220 g/mol. The molecule has 0 saturated heterocycles. The molecule has 17 heavy (non-hydrogen) atoms. The van der Waals surface area contributed by atoms with E-state index in [9.17, 15) is 9.59 Å². The van der Waals surface area contributed by atoms with Gasteiger partial charge in [-0.1, -0.05) is 32.1 Å². The Morgan fingerprint density at radius 1 is 1.24 bits per heavy atom. The smallest absolute Gasteiger partial charge is 0.330 e. The van der Waals surface area contributed by atoms with Crippen molar-refractivity contribution < 1.29 is 19.8 Å². The molecule has 0 fully saturated rings. The summed E-state index contributed by atoms with van der Waals surface area (Å²) in [4.78, 5) is 19.4. The Kier molecular flexibility index (Phi) is 20.1. The number of carbonyl (C=O) groups is 2. The van der Waals surface area contributed by atoms with E-state index in [1.165, 1.54) is 0 Å². The van der Waals surface area contributed by atoms with Gasteiger partial charge in [-0.25, -0.2) is 9.59 Å². The minimum Gasteiger partial charge on any atom is -0.478 e. The van der Waals surface area contributed by atoms with Crippen LogP contribution in [-0.4, -0.2) is 22.2 Å². The number of unbranched alkanes of at least 4 members (excludes halogenated alkanes) is 1. The van der Waals surface area contributed by atoms with Crippen LogP contribution in [-0.2, 0) is 9.59 Å². The lowest BCUT2D eigenvalue weighted by Gasteiger charge is -1.89. The Morgan fingerprint density at radius 2 is 1.59 bits per heavy atom. The second kappa shape index (κ2) is 16.6. The second-order valence-corrected chi connectivity index (χ2v) is 2.93. The van der Waals surface area contributed by atoms with Crippen molar-refractivity contribution in [2.45, 2.75) is 33.6 Å². The summed E-state index contributed by atoms with van der Waals surface area (Å²) in [7, 11) is 0. The zero-order chi connectivity index (χ0) is 14.3. The first-order chi connectivity index (χ1) is 7.87. The fourth-order valence-electron chi connectivity index (χ4n) is 0.448. The average Bonchev–Trinajstić information content (AvgIpc) is 2.27. The van der Waals surface area contributed by atoms with E-state index in [4.69, 9.17) is 10.2 Å². The highest BCUT2D eigenvalue weighted by molar-refractivity contribution is 5.85. The van der Waals surface area contributed by atoms with Gasteiger partial charge in [-0.2, -0.15) is 0 Å². The van der Waals surface area contributed by atoms with Crippen molar-refractivity contribution in [2.24, 2.45) is 0 Å². The molecule has 0 spiro atoms. The molecule has 0 amide bonds. The van der Waals surface area contributed by atoms with E-state index in [0.29, 0.717) is 5.57 Å². The maximum absolute atomic E-state index is 10.1. The lowest BCUT2D eigenvalue weighted by molar-refractivity contribution is -0.133. The normalized spacial score (nSPS) is 8.76. The van der Waals surface area contributed by atoms with Crippen LogP contribution < -0.4 is 0 Å². The van der Waals surface area contributed by atoms with Crippen molar-refractivity contribution in [1.82, 2.24) is 0 Å². The summed E-state index contributed by atoms with van der Waals surface area (Å²) in [5, 5.41) is 15.9. The molecule has 0 rings (SSSR count). The van der Waals surface area contributed by atoms with Crippen LogP contribution in [0.3, 0.4) is 0 Å². The topological polar surface area (TPSA) is 74.6 Å². The number of rotatable bonds is 4. The molecule has 0 aliphatic heterocycles. The Labute approximate surface area is 103 Å². The fourth-order valence-corrected chi connectivity index (χ4v) is 0.448. The first-order valence-electron chi connectivity index (χ1n) is 5.19. The molecule has 0 unspecified atom stereocenters. The van der Waals surface area contributed by atoms with Gasteiger partial charge in [0.1, 0.15) is 0 Å². The number of hydrogen-bond acceptors (Lipinski definition) is 2. The second-order valence-electron chi connectivity index (χ2n) is 2.93. The van der Waals surface area contributed by atoms with E-state index in [1.807, 2.05) is 13.8 Å². The molecule has 0 aliphatic carbocycles. The minimum atomic E-state index is -0.981. The van der Waals surface area contributed by atoms with Gasteiger partial charge in [-0.3, -0.25) is 0 Å². The van der Waals surface area contributed by atoms with Crippen LogP contribution in [0.15, 0.2) is 37.0 Å². The summed E-state index contributed by atoms with van der Waals surface area (Å²) >= 11 is 0. The van der Waals surface area contributed by atoms with Gasteiger partial charge in [0.25, 0.3) is 0 Å². The van der Waals surface area contributed by atoms with Crippen LogP contribution in [0.1, 0.15) is 33.6 Å². The van der Waals surface area contributed by atoms with Crippen molar-refractivity contribution >= 4 is 11.9 Å². The van der Waals surface area contributed by atoms with Crippen molar-refractivity contribution in [2.75, 3.05) is 0 Å². The number of aliphatic carboxylic acids is 2. The maximum Gasteiger partial charge on any atom is 0.330 e. The molecule has 0 saturated carbocycles. The number of allylic oxidation sites excluding steroid dienone is 2. The fraction of sp³-hybridized carbons (Fsp3) is 0.385. The molecule has 0 atom stereocenters. The van der Waals surface area contributed by atoms with Gasteiger partial charge in [0.05, 0.1) is 0 Å². The van der Waals surface area contributed by atoms with E-state index in [2.05, 4.69) is 13.2 Å². The van der Waals surface area contributed by atoms with Gasteiger partial charge in [-0.15, -0.1) is 6.58 Å². The van der Waals surface area contributed by atoms with Crippen LogP contribution >= 0.6 is 0 Å². The number of hydrogen-bond donors (Lipinski definition) is 2. The van der Waals surface area contributed by atoms with E-state index in [0.717, 1.165) is 18.9 Å². The third-order valence-corrected chi connectivity index (χ3v) is 1.25. The van der Waals surface area contributed by atoms with E-state index in [-0.39, 0.29) is 0 Å². The first-order valence-corrected chi connectivity index (χ1v) is 5.19. The van der Waals surface area contributed by atoms with Crippen molar-refractivity contribution in [3.05, 3.63) is 37.0 Å². The molecule has 0 aromatic heterocycles. The summed E-state index contributed by atoms with van der Waals surface area (Å²) in [6.07, 6.45) is 6.19. The van der Waals surface area contributed by atoms with Crippen molar-refractivity contribution in [3.63, 3.8) is 0 Å². The summed E-state index contributed by atoms with van der Waals surface area (Å²) in [5.74, 6) is -1.80. The molecule has 2 N–H and O–H groups in total. The lowest BCUT2D eigenvalue weighted by atomic mass is 10.2. The molecule has 4 heteroatoms. The summed E-state index contributed by atoms with van der Waals surface area (Å²) in [6.45, 7) is 11.8. The average molecular weight is 242 g/mol. The zero-order valence-electron chi connectivity index (χ0n) is 10.8. The standard InChI is InChI=1S/C7H12O2.C3H4O2.C3H6/c1-3-4-5-6(2)7(8)9;1-2-3(4)5;1-3-2/h5H,3-4H2,1-2H3,(H,8,9);2H,1H2,(H,4,5);3H,1H2,2H3. The predicted octanol–water partition coefficient (Wildman–Crippen LogP) is 3.27. The van der Waals surface area contributed by atoms with Gasteiger partial charge in [0, 0.05) is 11.6 Å². The lowest BCUT2D eigenvalue weighted by Crippen LogP contribution is -1.95. The molecule has 4 nitrogen and oxygen atoms in total. The quantitative estimate of drug-likeness (QED) is 0.586. The maximum atomic E-state index is 10.1. The Morgan fingerprint density at radius 3 is 1.76 bits per heavy atom. The van der Waals surface area contributed by atoms with Gasteiger partial charge in [0.15, 0.2) is 0 Å². The van der Waals surface area contributed by atoms with Gasteiger partial charge in [-0.05, 0) is 20.3 Å². The summed E-state index contributed by atoms with van der Waals surface area (Å²) in [6, 6.07) is 0. The monoisotopic (exact) mass is 242 g/mol. The highest BCUT2D eigenvalue weighted by Crippen LogP contribution is 1.96. The Hall–Kier alpha value is -1.84. The highest BCUT2D eigenvalue weighted by Gasteiger charge is 1.95. The third kappa shape index (κ3) is 31.4. The minimum absolute atomic E-state index is 0.442. The predicted molar refractivity (Wildman–Crippen MR) is 70.0 cm³/mol. The largest absolute Gasteiger partial charge is 0.478 e.